The molecule has 174 valence electrons. The van der Waals surface area contributed by atoms with Crippen LogP contribution in [0.4, 0.5) is 0 Å². The summed E-state index contributed by atoms with van der Waals surface area (Å²) in [6.07, 6.45) is 4.66. The third kappa shape index (κ3) is 2.35. The third-order valence-corrected chi connectivity index (χ3v) is 9.07. The number of piperidine rings is 1. The highest BCUT2D eigenvalue weighted by atomic mass is 35.5. The van der Waals surface area contributed by atoms with Gasteiger partial charge in [-0.25, -0.2) is 0 Å². The van der Waals surface area contributed by atoms with Gasteiger partial charge in [0, 0.05) is 35.5 Å². The van der Waals surface area contributed by atoms with Gasteiger partial charge in [0.2, 0.25) is 0 Å². The summed E-state index contributed by atoms with van der Waals surface area (Å²) in [7, 11) is 0. The van der Waals surface area contributed by atoms with Crippen LogP contribution in [0, 0.1) is 5.92 Å². The molecule has 1 spiro atoms. The van der Waals surface area contributed by atoms with Crippen LogP contribution in [0.1, 0.15) is 47.8 Å². The molecule has 0 amide bonds. The fourth-order valence-corrected chi connectivity index (χ4v) is 7.57. The second-order valence-electron chi connectivity index (χ2n) is 10.5. The van der Waals surface area contributed by atoms with E-state index in [-0.39, 0.29) is 35.8 Å². The Morgan fingerprint density at radius 2 is 1.97 bits per heavy atom. The fraction of sp³-hybridized carbons (Fsp3) is 0.462. The molecule has 1 saturated carbocycles. The van der Waals surface area contributed by atoms with Gasteiger partial charge in [0.1, 0.15) is 0 Å². The van der Waals surface area contributed by atoms with E-state index >= 15 is 0 Å². The highest BCUT2D eigenvalue weighted by Gasteiger charge is 2.72. The first-order chi connectivity index (χ1) is 15.1. The average Bonchev–Trinajstić information content (AvgIpc) is 3.40. The van der Waals surface area contributed by atoms with Gasteiger partial charge in [0.25, 0.3) is 0 Å². The first-order valence-electron chi connectivity index (χ1n) is 11.7. The van der Waals surface area contributed by atoms with Crippen molar-refractivity contribution < 1.29 is 20.4 Å². The van der Waals surface area contributed by atoms with E-state index in [1.165, 1.54) is 29.4 Å². The number of phenolic OH excluding ortho intramolecular Hbond substituents is 1. The predicted octanol–water partition coefficient (Wildman–Crippen LogP) is 3.17. The first-order valence-corrected chi connectivity index (χ1v) is 11.7. The van der Waals surface area contributed by atoms with Crippen molar-refractivity contribution in [1.29, 1.82) is 0 Å². The fourth-order valence-electron chi connectivity index (χ4n) is 7.57. The molecular formula is C26H29ClN2O4. The van der Waals surface area contributed by atoms with Crippen LogP contribution in [0.3, 0.4) is 0 Å². The number of para-hydroxylation sites is 1. The molecule has 0 radical (unpaired) electrons. The molecule has 2 bridgehead atoms. The SMILES string of the molecule is Cl.O.Oc1ccc2c3c1O[C@H]1c4[nH]c5ccccc5c4C[C@@]4(O)C(C2)N(CC2CC2)CC[C@]314. The van der Waals surface area contributed by atoms with Gasteiger partial charge in [0.15, 0.2) is 17.6 Å². The summed E-state index contributed by atoms with van der Waals surface area (Å²) in [6.45, 7) is 2.07. The smallest absolute Gasteiger partial charge is 0.166 e. The number of rotatable bonds is 2. The minimum absolute atomic E-state index is 0. The lowest BCUT2D eigenvalue weighted by Gasteiger charge is -2.62. The molecule has 3 aromatic rings. The Bertz CT molecular complexity index is 1290. The highest BCUT2D eigenvalue weighted by molar-refractivity contribution is 5.86. The number of phenols is 1. The summed E-state index contributed by atoms with van der Waals surface area (Å²) in [4.78, 5) is 6.22. The molecule has 1 aromatic heterocycles. The number of aliphatic hydroxyl groups is 1. The Kier molecular flexibility index (Phi) is 4.30. The van der Waals surface area contributed by atoms with E-state index in [4.69, 9.17) is 4.74 Å². The van der Waals surface area contributed by atoms with Gasteiger partial charge in [-0.1, -0.05) is 24.3 Å². The van der Waals surface area contributed by atoms with Crippen LogP contribution in [0.25, 0.3) is 10.9 Å². The van der Waals surface area contributed by atoms with E-state index < -0.39 is 11.0 Å². The Morgan fingerprint density at radius 1 is 1.15 bits per heavy atom. The molecule has 2 aliphatic heterocycles. The molecule has 4 atom stereocenters. The topological polar surface area (TPSA) is 100 Å². The Morgan fingerprint density at radius 3 is 2.79 bits per heavy atom. The summed E-state index contributed by atoms with van der Waals surface area (Å²) in [5, 5.41) is 24.6. The number of hydrogen-bond acceptors (Lipinski definition) is 4. The van der Waals surface area contributed by atoms with Crippen LogP contribution in [0.2, 0.25) is 0 Å². The zero-order chi connectivity index (χ0) is 20.5. The molecule has 2 fully saturated rings. The van der Waals surface area contributed by atoms with Crippen molar-refractivity contribution in [3.8, 4) is 11.5 Å². The number of aromatic nitrogens is 1. The zero-order valence-electron chi connectivity index (χ0n) is 18.3. The van der Waals surface area contributed by atoms with E-state index in [9.17, 15) is 10.2 Å². The van der Waals surface area contributed by atoms with E-state index in [1.807, 2.05) is 6.07 Å². The number of H-pyrrole nitrogens is 1. The minimum Gasteiger partial charge on any atom is -0.504 e. The maximum Gasteiger partial charge on any atom is 0.166 e. The molecule has 5 N–H and O–H groups in total. The van der Waals surface area contributed by atoms with E-state index in [1.54, 1.807) is 6.07 Å². The standard InChI is InChI=1S/C26H26N2O3.ClH.H2O/c29-19-8-7-15-11-20-26(30)12-17-16-3-1-2-4-18(16)27-22(17)24-25(26,21(15)23(19)31-24)9-10-28(20)13-14-5-6-14;;/h1-4,7-8,14,20,24,27,29-30H,5-6,9-13H2;1H;1H2/t20?,24-,25-,26+;;/m0../s1. The van der Waals surface area contributed by atoms with Crippen LogP contribution in [0.15, 0.2) is 36.4 Å². The van der Waals surface area contributed by atoms with Crippen molar-refractivity contribution >= 4 is 23.3 Å². The number of ether oxygens (including phenoxy) is 1. The number of nitrogens with one attached hydrogen (secondary N) is 1. The van der Waals surface area contributed by atoms with E-state index in [0.717, 1.165) is 48.6 Å². The van der Waals surface area contributed by atoms with Crippen molar-refractivity contribution in [2.45, 2.75) is 55.3 Å². The molecule has 6 nitrogen and oxygen atoms in total. The summed E-state index contributed by atoms with van der Waals surface area (Å²) in [5.74, 6) is 1.58. The number of aromatic hydroxyl groups is 1. The van der Waals surface area contributed by atoms with Crippen molar-refractivity contribution in [3.63, 3.8) is 0 Å². The average molecular weight is 469 g/mol. The van der Waals surface area contributed by atoms with E-state index in [0.29, 0.717) is 12.2 Å². The molecule has 1 saturated heterocycles. The van der Waals surface area contributed by atoms with Crippen molar-refractivity contribution in [2.24, 2.45) is 5.92 Å². The van der Waals surface area contributed by atoms with Crippen molar-refractivity contribution in [3.05, 3.63) is 58.8 Å². The normalized spacial score (nSPS) is 32.9. The van der Waals surface area contributed by atoms with Gasteiger partial charge in [0.05, 0.1) is 16.7 Å². The molecular weight excluding hydrogens is 440 g/mol. The van der Waals surface area contributed by atoms with Gasteiger partial charge >= 0.3 is 0 Å². The second kappa shape index (κ2) is 6.66. The molecule has 5 aliphatic rings. The Balaban J connectivity index is 0.00000103. The van der Waals surface area contributed by atoms with Crippen LogP contribution in [-0.2, 0) is 18.3 Å². The molecule has 3 heterocycles. The molecule has 33 heavy (non-hydrogen) atoms. The van der Waals surface area contributed by atoms with Crippen LogP contribution in [0.5, 0.6) is 11.5 Å². The van der Waals surface area contributed by atoms with E-state index in [2.05, 4.69) is 34.1 Å². The Labute approximate surface area is 198 Å². The van der Waals surface area contributed by atoms with Crippen LogP contribution < -0.4 is 4.74 Å². The number of likely N-dealkylation sites (tertiary alicyclic amines) is 1. The predicted molar refractivity (Wildman–Crippen MR) is 127 cm³/mol. The highest BCUT2D eigenvalue weighted by Crippen LogP contribution is 2.69. The lowest BCUT2D eigenvalue weighted by molar-refractivity contribution is -0.173. The second-order valence-corrected chi connectivity index (χ2v) is 10.5. The lowest BCUT2D eigenvalue weighted by Crippen LogP contribution is -2.74. The maximum absolute atomic E-state index is 12.7. The van der Waals surface area contributed by atoms with Crippen molar-refractivity contribution in [2.75, 3.05) is 13.1 Å². The van der Waals surface area contributed by atoms with Gasteiger partial charge in [-0.3, -0.25) is 4.90 Å². The number of benzene rings is 2. The summed E-state index contributed by atoms with van der Waals surface area (Å²) in [6, 6.07) is 12.3. The zero-order valence-corrected chi connectivity index (χ0v) is 19.1. The van der Waals surface area contributed by atoms with Gasteiger partial charge in [-0.05, 0) is 61.4 Å². The minimum atomic E-state index is -0.908. The van der Waals surface area contributed by atoms with Crippen molar-refractivity contribution in [1.82, 2.24) is 9.88 Å². The van der Waals surface area contributed by atoms with Crippen LogP contribution >= 0.6 is 12.4 Å². The summed E-state index contributed by atoms with van der Waals surface area (Å²) < 4.78 is 6.60. The monoisotopic (exact) mass is 468 g/mol. The number of aromatic amines is 1. The summed E-state index contributed by atoms with van der Waals surface area (Å²) >= 11 is 0. The number of halogens is 1. The van der Waals surface area contributed by atoms with Gasteiger partial charge in [-0.15, -0.1) is 12.4 Å². The number of fused-ring (bicyclic) bond motifs is 4. The molecule has 2 aromatic carbocycles. The Hall–Kier alpha value is -2.25. The van der Waals surface area contributed by atoms with Crippen LogP contribution in [-0.4, -0.2) is 50.3 Å². The largest absolute Gasteiger partial charge is 0.504 e. The molecule has 8 rings (SSSR count). The third-order valence-electron chi connectivity index (χ3n) is 9.07. The molecule has 7 heteroatoms. The maximum atomic E-state index is 12.7. The number of hydrogen-bond donors (Lipinski definition) is 3. The summed E-state index contributed by atoms with van der Waals surface area (Å²) in [5.41, 5.74) is 4.27. The lowest BCUT2D eigenvalue weighted by atomic mass is 9.49. The first kappa shape index (κ1) is 21.3. The quantitative estimate of drug-likeness (QED) is 0.537. The molecule has 3 aliphatic carbocycles. The molecule has 1 unspecified atom stereocenters. The van der Waals surface area contributed by atoms with Gasteiger partial charge < -0.3 is 25.4 Å². The number of nitrogens with zero attached hydrogens (tertiary/aromatic N) is 1. The van der Waals surface area contributed by atoms with Gasteiger partial charge in [-0.2, -0.15) is 0 Å².